The fourth-order valence-electron chi connectivity index (χ4n) is 1.90. The van der Waals surface area contributed by atoms with Crippen molar-refractivity contribution in [2.45, 2.75) is 4.90 Å². The summed E-state index contributed by atoms with van der Waals surface area (Å²) in [5.41, 5.74) is -0.286. The molecule has 0 fully saturated rings. The van der Waals surface area contributed by atoms with Crippen LogP contribution in [0.15, 0.2) is 35.2 Å². The van der Waals surface area contributed by atoms with Crippen LogP contribution >= 0.6 is 33.9 Å². The van der Waals surface area contributed by atoms with E-state index in [9.17, 15) is 22.5 Å². The van der Waals surface area contributed by atoms with Gasteiger partial charge < -0.3 is 5.32 Å². The molecule has 1 N–H and O–H groups in total. The van der Waals surface area contributed by atoms with Gasteiger partial charge in [0.25, 0.3) is 20.6 Å². The van der Waals surface area contributed by atoms with Gasteiger partial charge in [0.05, 0.1) is 5.02 Å². The van der Waals surface area contributed by atoms with E-state index in [0.717, 1.165) is 25.2 Å². The monoisotopic (exact) mass is 425 g/mol. The van der Waals surface area contributed by atoms with E-state index in [1.165, 1.54) is 12.1 Å². The number of carbonyl (C=O) groups is 1. The fourth-order valence-corrected chi connectivity index (χ4v) is 3.68. The van der Waals surface area contributed by atoms with Gasteiger partial charge in [0.2, 0.25) is 0 Å². The van der Waals surface area contributed by atoms with Crippen LogP contribution in [0.4, 0.5) is 15.8 Å². The molecule has 0 aromatic heterocycles. The van der Waals surface area contributed by atoms with E-state index in [1.807, 2.05) is 0 Å². The molecule has 0 aliphatic carbocycles. The number of amides is 1. The van der Waals surface area contributed by atoms with Crippen molar-refractivity contribution >= 4 is 60.2 Å². The highest BCUT2D eigenvalue weighted by Gasteiger charge is 2.27. The number of hydrogen-bond donors (Lipinski definition) is 1. The lowest BCUT2D eigenvalue weighted by molar-refractivity contribution is -0.428. The minimum atomic E-state index is -4.31. The zero-order valence-electron chi connectivity index (χ0n) is 12.4. The van der Waals surface area contributed by atoms with Gasteiger partial charge in [0.15, 0.2) is 7.05 Å². The normalized spacial score (nSPS) is 11.2. The smallest absolute Gasteiger partial charge is 0.276 e. The Morgan fingerprint density at radius 2 is 1.84 bits per heavy atom. The van der Waals surface area contributed by atoms with E-state index in [4.69, 9.17) is 33.9 Å². The maximum absolute atomic E-state index is 13.1. The summed E-state index contributed by atoms with van der Waals surface area (Å²) in [6.07, 6.45) is 0. The summed E-state index contributed by atoms with van der Waals surface area (Å²) >= 11 is 11.5. The second-order valence-corrected chi connectivity index (χ2v) is 8.15. The third-order valence-corrected chi connectivity index (χ3v) is 5.21. The summed E-state index contributed by atoms with van der Waals surface area (Å²) in [5, 5.41) is 1.78. The SMILES string of the molecule is C[N+](=O)c1cc(C(=O)Nc2ccc(F)c(Cl)c2)cc(S(=O)(=O)Cl)c1Cl. The lowest BCUT2D eigenvalue weighted by Gasteiger charge is -2.08. The van der Waals surface area contributed by atoms with Gasteiger partial charge in [-0.05, 0) is 24.3 Å². The van der Waals surface area contributed by atoms with Crippen LogP contribution in [0.25, 0.3) is 0 Å². The number of anilines is 1. The summed E-state index contributed by atoms with van der Waals surface area (Å²) in [6.45, 7) is 0. The molecule has 0 heterocycles. The number of rotatable bonds is 4. The van der Waals surface area contributed by atoms with E-state index in [2.05, 4.69) is 5.32 Å². The van der Waals surface area contributed by atoms with Gasteiger partial charge in [-0.2, -0.15) is 0 Å². The molecular weight excluding hydrogens is 418 g/mol. The third kappa shape index (κ3) is 4.46. The summed E-state index contributed by atoms with van der Waals surface area (Å²) < 4.78 is 36.7. The van der Waals surface area contributed by atoms with Crippen molar-refractivity contribution in [1.82, 2.24) is 0 Å². The average Bonchev–Trinajstić information content (AvgIpc) is 2.49. The summed E-state index contributed by atoms with van der Waals surface area (Å²) in [7, 11) is 2.06. The van der Waals surface area contributed by atoms with Crippen molar-refractivity contribution in [2.75, 3.05) is 12.4 Å². The number of halogens is 4. The molecule has 0 radical (unpaired) electrons. The molecule has 2 rings (SSSR count). The average molecular weight is 427 g/mol. The number of nitrogens with one attached hydrogen (secondary N) is 1. The fraction of sp³-hybridized carbons (Fsp3) is 0.0714. The Kier molecular flexibility index (Phi) is 5.68. The first kappa shape index (κ1) is 19.6. The van der Waals surface area contributed by atoms with Crippen LogP contribution in [-0.4, -0.2) is 26.1 Å². The molecule has 0 saturated carbocycles. The standard InChI is InChI=1S/C14H8Cl3FN2O4S/c1-20(22)11-4-7(5-12(13(11)16)25(17,23)24)14(21)19-8-2-3-10(18)9(15)6-8/h2-6H,1H3/p+1. The lowest BCUT2D eigenvalue weighted by atomic mass is 10.1. The topological polar surface area (TPSA) is 83.3 Å². The molecule has 6 nitrogen and oxygen atoms in total. The minimum Gasteiger partial charge on any atom is -0.322 e. The molecule has 0 aliphatic heterocycles. The highest BCUT2D eigenvalue weighted by Crippen LogP contribution is 2.34. The van der Waals surface area contributed by atoms with Gasteiger partial charge >= 0.3 is 0 Å². The van der Waals surface area contributed by atoms with Crippen LogP contribution in [0.3, 0.4) is 0 Å². The first-order valence-electron chi connectivity index (χ1n) is 6.46. The summed E-state index contributed by atoms with van der Waals surface area (Å²) in [6, 6.07) is 5.50. The predicted molar refractivity (Wildman–Crippen MR) is 93.1 cm³/mol. The number of nitroso groups, excluding NO2 is 1. The Morgan fingerprint density at radius 1 is 1.20 bits per heavy atom. The second kappa shape index (κ2) is 7.25. The molecule has 25 heavy (non-hydrogen) atoms. The van der Waals surface area contributed by atoms with E-state index >= 15 is 0 Å². The van der Waals surface area contributed by atoms with Gasteiger partial charge in [-0.1, -0.05) is 23.2 Å². The zero-order chi connectivity index (χ0) is 18.9. The molecule has 2 aromatic carbocycles. The molecule has 0 aliphatic rings. The van der Waals surface area contributed by atoms with E-state index in [1.54, 1.807) is 0 Å². The molecule has 0 spiro atoms. The zero-order valence-corrected chi connectivity index (χ0v) is 15.5. The molecule has 1 amide bonds. The largest absolute Gasteiger partial charge is 0.322 e. The third-order valence-electron chi connectivity index (χ3n) is 3.06. The summed E-state index contributed by atoms with van der Waals surface area (Å²) in [5.74, 6) is -1.44. The number of benzene rings is 2. The highest BCUT2D eigenvalue weighted by molar-refractivity contribution is 8.13. The quantitative estimate of drug-likeness (QED) is 0.582. The molecular formula is C14H9Cl3FN2O4S+. The molecule has 0 unspecified atom stereocenters. The van der Waals surface area contributed by atoms with Crippen molar-refractivity contribution in [1.29, 1.82) is 0 Å². The van der Waals surface area contributed by atoms with Crippen LogP contribution < -0.4 is 5.32 Å². The molecule has 0 bridgehead atoms. The van der Waals surface area contributed by atoms with Crippen molar-refractivity contribution < 1.29 is 22.4 Å². The number of nitrogens with zero attached hydrogens (tertiary/aromatic N) is 1. The van der Waals surface area contributed by atoms with Crippen LogP contribution in [0.5, 0.6) is 0 Å². The van der Waals surface area contributed by atoms with Crippen molar-refractivity contribution in [3.63, 3.8) is 0 Å². The molecule has 0 saturated heterocycles. The highest BCUT2D eigenvalue weighted by atomic mass is 35.7. The first-order chi connectivity index (χ1) is 11.5. The van der Waals surface area contributed by atoms with Crippen LogP contribution in [0.2, 0.25) is 10.0 Å². The van der Waals surface area contributed by atoms with Gasteiger partial charge in [-0.15, -0.1) is 0 Å². The molecule has 0 atom stereocenters. The Balaban J connectivity index is 2.50. The lowest BCUT2D eigenvalue weighted by Crippen LogP contribution is -2.13. The molecule has 11 heteroatoms. The molecule has 2 aromatic rings. The van der Waals surface area contributed by atoms with Crippen LogP contribution in [-0.2, 0) is 9.05 Å². The number of carbonyl (C=O) groups excluding carboxylic acids is 1. The Labute approximate surface area is 156 Å². The minimum absolute atomic E-state index is 0.165. The second-order valence-electron chi connectivity index (χ2n) is 4.83. The first-order valence-corrected chi connectivity index (χ1v) is 9.52. The van der Waals surface area contributed by atoms with Crippen molar-refractivity contribution in [3.05, 3.63) is 56.7 Å². The van der Waals surface area contributed by atoms with Gasteiger partial charge in [0.1, 0.15) is 15.7 Å². The van der Waals surface area contributed by atoms with Gasteiger partial charge in [-0.25, -0.2) is 12.8 Å². The van der Waals surface area contributed by atoms with Crippen LogP contribution in [0.1, 0.15) is 10.4 Å². The Morgan fingerprint density at radius 3 is 2.36 bits per heavy atom. The van der Waals surface area contributed by atoms with E-state index < -0.39 is 30.7 Å². The van der Waals surface area contributed by atoms with Crippen molar-refractivity contribution in [2.24, 2.45) is 0 Å². The number of hydrogen-bond acceptors (Lipinski definition) is 4. The van der Waals surface area contributed by atoms with Gasteiger partial charge in [-0.3, -0.25) is 4.79 Å². The Bertz CT molecular complexity index is 996. The molecule has 132 valence electrons. The predicted octanol–water partition coefficient (Wildman–Crippen LogP) is 4.35. The van der Waals surface area contributed by atoms with E-state index in [0.29, 0.717) is 4.76 Å². The maximum Gasteiger partial charge on any atom is 0.276 e. The Hall–Kier alpha value is -1.74. The van der Waals surface area contributed by atoms with Crippen molar-refractivity contribution in [3.8, 4) is 0 Å². The van der Waals surface area contributed by atoms with E-state index in [-0.39, 0.29) is 22.0 Å². The van der Waals surface area contributed by atoms with Gasteiger partial charge in [0, 0.05) is 37.7 Å². The maximum atomic E-state index is 13.1. The van der Waals surface area contributed by atoms with Crippen LogP contribution in [0, 0.1) is 10.7 Å². The summed E-state index contributed by atoms with van der Waals surface area (Å²) in [4.78, 5) is 23.3.